The molecule has 2 aromatic carbocycles. The second-order valence-electron chi connectivity index (χ2n) is 11.9. The quantitative estimate of drug-likeness (QED) is 0.148. The number of sulfone groups is 1. The topological polar surface area (TPSA) is 146 Å². The number of hydrogen-bond donors (Lipinski definition) is 4. The normalized spacial score (nSPS) is 16.1. The summed E-state index contributed by atoms with van der Waals surface area (Å²) >= 11 is 1.60. The van der Waals surface area contributed by atoms with Gasteiger partial charge in [0.05, 0.1) is 24.4 Å². The Morgan fingerprint density at radius 1 is 1.09 bits per heavy atom. The fraction of sp³-hybridized carbons (Fsp3) is 0.382. The van der Waals surface area contributed by atoms with Crippen LogP contribution < -0.4 is 16.0 Å². The number of carbonyl (C=O) groups excluding carboxylic acids is 2. The zero-order chi connectivity index (χ0) is 33.4. The van der Waals surface area contributed by atoms with Gasteiger partial charge in [0, 0.05) is 65.9 Å². The number of aliphatic hydroxyl groups excluding tert-OH is 1. The van der Waals surface area contributed by atoms with Crippen LogP contribution in [0.25, 0.3) is 0 Å². The van der Waals surface area contributed by atoms with Crippen molar-refractivity contribution in [3.8, 4) is 0 Å². The van der Waals surface area contributed by atoms with E-state index in [1.54, 1.807) is 29.7 Å². The minimum absolute atomic E-state index is 0.0541. The lowest BCUT2D eigenvalue weighted by molar-refractivity contribution is 0.0738. The van der Waals surface area contributed by atoms with E-state index in [9.17, 15) is 23.1 Å². The van der Waals surface area contributed by atoms with Crippen molar-refractivity contribution in [1.82, 2.24) is 25.3 Å². The van der Waals surface area contributed by atoms with Crippen LogP contribution in [0.15, 0.2) is 78.4 Å². The lowest BCUT2D eigenvalue weighted by atomic mass is 10.00. The summed E-state index contributed by atoms with van der Waals surface area (Å²) < 4.78 is 25.7. The van der Waals surface area contributed by atoms with Gasteiger partial charge in [0.15, 0.2) is 9.84 Å². The number of likely N-dealkylation sites (tertiary alicyclic amines) is 1. The Morgan fingerprint density at radius 2 is 1.87 bits per heavy atom. The molecule has 4 aromatic rings. The molecule has 3 heterocycles. The van der Waals surface area contributed by atoms with E-state index in [4.69, 9.17) is 0 Å². The monoisotopic (exact) mass is 678 g/mol. The number of rotatable bonds is 15. The van der Waals surface area contributed by atoms with Crippen molar-refractivity contribution in [2.24, 2.45) is 0 Å². The van der Waals surface area contributed by atoms with Gasteiger partial charge in [-0.05, 0) is 61.4 Å². The van der Waals surface area contributed by atoms with Crippen molar-refractivity contribution in [3.05, 3.63) is 106 Å². The van der Waals surface area contributed by atoms with E-state index in [1.165, 1.54) is 6.07 Å². The molecule has 2 aromatic heterocycles. The number of aliphatic hydroxyl groups is 1. The van der Waals surface area contributed by atoms with Gasteiger partial charge in [-0.2, -0.15) is 5.10 Å². The van der Waals surface area contributed by atoms with Gasteiger partial charge in [0.2, 0.25) is 0 Å². The number of aromatic nitrogens is 2. The van der Waals surface area contributed by atoms with Crippen molar-refractivity contribution in [2.45, 2.75) is 57.5 Å². The molecule has 0 aliphatic carbocycles. The summed E-state index contributed by atoms with van der Waals surface area (Å²) in [6, 6.07) is 17.5. The Hall–Kier alpha value is -4.04. The molecule has 2 amide bonds. The smallest absolute Gasteiger partial charge is 0.254 e. The number of benzene rings is 2. The number of carbonyl (C=O) groups is 2. The maximum atomic E-state index is 13.9. The zero-order valence-corrected chi connectivity index (χ0v) is 28.3. The first-order chi connectivity index (χ1) is 22.6. The summed E-state index contributed by atoms with van der Waals surface area (Å²) in [5, 5.41) is 26.7. The predicted octanol–water partition coefficient (Wildman–Crippen LogP) is 3.85. The Labute approximate surface area is 279 Å². The average molecular weight is 679 g/mol. The number of thiophene rings is 1. The van der Waals surface area contributed by atoms with Crippen molar-refractivity contribution >= 4 is 38.7 Å². The van der Waals surface area contributed by atoms with Crippen LogP contribution in [0.1, 0.15) is 62.5 Å². The molecule has 0 saturated carbocycles. The van der Waals surface area contributed by atoms with Crippen molar-refractivity contribution < 1.29 is 23.1 Å². The van der Waals surface area contributed by atoms with Crippen LogP contribution in [-0.2, 0) is 29.3 Å². The van der Waals surface area contributed by atoms with E-state index in [0.29, 0.717) is 25.2 Å². The van der Waals surface area contributed by atoms with E-state index in [-0.39, 0.29) is 35.5 Å². The van der Waals surface area contributed by atoms with E-state index in [2.05, 4.69) is 21.0 Å². The Balaban J connectivity index is 1.37. The van der Waals surface area contributed by atoms with Gasteiger partial charge in [0.1, 0.15) is 5.88 Å². The van der Waals surface area contributed by atoms with E-state index in [0.717, 1.165) is 41.6 Å². The molecular formula is C34H42N6O5S2. The van der Waals surface area contributed by atoms with Gasteiger partial charge in [-0.1, -0.05) is 36.4 Å². The van der Waals surface area contributed by atoms with Crippen LogP contribution >= 0.6 is 11.3 Å². The molecule has 1 aliphatic rings. The van der Waals surface area contributed by atoms with Gasteiger partial charge < -0.3 is 26.0 Å². The summed E-state index contributed by atoms with van der Waals surface area (Å²) in [6.07, 6.45) is 5.97. The molecule has 13 heteroatoms. The Kier molecular flexibility index (Phi) is 11.5. The summed E-state index contributed by atoms with van der Waals surface area (Å²) in [5.74, 6) is -1.07. The number of aryl methyl sites for hydroxylation is 1. The van der Waals surface area contributed by atoms with Crippen LogP contribution in [0.2, 0.25) is 0 Å². The highest BCUT2D eigenvalue weighted by molar-refractivity contribution is 7.90. The maximum absolute atomic E-state index is 13.9. The summed E-state index contributed by atoms with van der Waals surface area (Å²) in [6.45, 7) is 4.08. The Morgan fingerprint density at radius 3 is 2.57 bits per heavy atom. The molecule has 0 radical (unpaired) electrons. The van der Waals surface area contributed by atoms with Gasteiger partial charge in [0.25, 0.3) is 11.8 Å². The lowest BCUT2D eigenvalue weighted by Crippen LogP contribution is -2.48. The average Bonchev–Trinajstić information content (AvgIpc) is 3.85. The maximum Gasteiger partial charge on any atom is 0.254 e. The number of nitrogens with one attached hydrogen (secondary N) is 3. The zero-order valence-electron chi connectivity index (χ0n) is 26.6. The van der Waals surface area contributed by atoms with Crippen LogP contribution in [-0.4, -0.2) is 77.4 Å². The van der Waals surface area contributed by atoms with Crippen LogP contribution in [0.5, 0.6) is 0 Å². The van der Waals surface area contributed by atoms with Gasteiger partial charge in [-0.15, -0.1) is 11.3 Å². The molecule has 3 atom stereocenters. The molecule has 1 unspecified atom stereocenters. The number of amides is 2. The van der Waals surface area contributed by atoms with Crippen LogP contribution in [0.3, 0.4) is 0 Å². The van der Waals surface area contributed by atoms with Gasteiger partial charge in [-0.25, -0.2) is 8.42 Å². The molecule has 4 N–H and O–H groups in total. The second-order valence-corrected chi connectivity index (χ2v) is 15.0. The SMILES string of the molecule is CCn1cc(CNC[C@@H](O)[C@H](Cc2ccccc2)NC(=O)c2cc(NCS(C)(=O)=O)cc(C(=O)N3CCCC3c3cccs3)c2)cn1. The molecule has 47 heavy (non-hydrogen) atoms. The predicted molar refractivity (Wildman–Crippen MR) is 184 cm³/mol. The van der Waals surface area contributed by atoms with E-state index in [1.807, 2.05) is 70.5 Å². The molecule has 0 spiro atoms. The molecule has 1 fully saturated rings. The first kappa shape index (κ1) is 34.3. The molecule has 11 nitrogen and oxygen atoms in total. The molecular weight excluding hydrogens is 637 g/mol. The minimum Gasteiger partial charge on any atom is -0.390 e. The van der Waals surface area contributed by atoms with Crippen molar-refractivity contribution in [2.75, 3.05) is 30.5 Å². The standard InChI is InChI=1S/C34H42N6O5S2/c1-3-39-22-25(20-37-39)19-35-21-31(41)29(15-24-9-5-4-6-10-24)38-33(42)26-16-27(18-28(17-26)36-23-47(2,44)45)34(43)40-13-7-11-30(40)32-12-8-14-46-32/h4-6,8-10,12,14,16-18,20,22,29-31,35-36,41H,3,7,11,13,15,19,21,23H2,1-2H3,(H,38,42)/t29-,30?,31+/m0/s1. The highest BCUT2D eigenvalue weighted by atomic mass is 32.2. The number of nitrogens with zero attached hydrogens (tertiary/aromatic N) is 3. The van der Waals surface area contributed by atoms with Crippen molar-refractivity contribution in [3.63, 3.8) is 0 Å². The third-order valence-corrected chi connectivity index (χ3v) is 9.78. The minimum atomic E-state index is -3.39. The van der Waals surface area contributed by atoms with Gasteiger partial charge >= 0.3 is 0 Å². The summed E-state index contributed by atoms with van der Waals surface area (Å²) in [5.41, 5.74) is 2.73. The van der Waals surface area contributed by atoms with Gasteiger partial charge in [-0.3, -0.25) is 14.3 Å². The third kappa shape index (κ3) is 9.50. The molecule has 250 valence electrons. The largest absolute Gasteiger partial charge is 0.390 e. The lowest BCUT2D eigenvalue weighted by Gasteiger charge is -2.26. The summed E-state index contributed by atoms with van der Waals surface area (Å²) in [4.78, 5) is 30.7. The highest BCUT2D eigenvalue weighted by Gasteiger charge is 2.32. The molecule has 0 bridgehead atoms. The molecule has 5 rings (SSSR count). The fourth-order valence-corrected chi connectivity index (χ4v) is 7.03. The van der Waals surface area contributed by atoms with E-state index >= 15 is 0 Å². The molecule has 1 saturated heterocycles. The molecule has 1 aliphatic heterocycles. The Bertz CT molecular complexity index is 1740. The highest BCUT2D eigenvalue weighted by Crippen LogP contribution is 2.36. The van der Waals surface area contributed by atoms with Crippen molar-refractivity contribution in [1.29, 1.82) is 0 Å². The third-order valence-electron chi connectivity index (χ3n) is 8.14. The van der Waals surface area contributed by atoms with E-state index < -0.39 is 27.9 Å². The first-order valence-corrected chi connectivity index (χ1v) is 18.7. The number of hydrogen-bond acceptors (Lipinski definition) is 9. The van der Waals surface area contributed by atoms with Crippen LogP contribution in [0.4, 0.5) is 5.69 Å². The summed E-state index contributed by atoms with van der Waals surface area (Å²) in [7, 11) is -3.39. The van der Waals surface area contributed by atoms with Crippen LogP contribution in [0, 0.1) is 0 Å². The fourth-order valence-electron chi connectivity index (χ4n) is 5.73. The second kappa shape index (κ2) is 15.7. The number of anilines is 1. The first-order valence-electron chi connectivity index (χ1n) is 15.8.